The molecule has 0 aliphatic carbocycles. The van der Waals surface area contributed by atoms with E-state index in [2.05, 4.69) is 5.32 Å². The van der Waals surface area contributed by atoms with Crippen LogP contribution in [0.1, 0.15) is 23.0 Å². The molecular weight excluding hydrogens is 453 g/mol. The number of amides is 1. The molecule has 26 heavy (non-hydrogen) atoms. The van der Waals surface area contributed by atoms with E-state index >= 15 is 0 Å². The van der Waals surface area contributed by atoms with E-state index in [1.54, 1.807) is 37.3 Å². The summed E-state index contributed by atoms with van der Waals surface area (Å²) >= 11 is 2.00. The van der Waals surface area contributed by atoms with Gasteiger partial charge in [-0.05, 0) is 59.9 Å². The van der Waals surface area contributed by atoms with Crippen molar-refractivity contribution >= 4 is 52.2 Å². The maximum atomic E-state index is 11.9. The van der Waals surface area contributed by atoms with Gasteiger partial charge in [0, 0.05) is 6.08 Å². The summed E-state index contributed by atoms with van der Waals surface area (Å²) in [4.78, 5) is 35.4. The number of hydrogen-bond donors (Lipinski definition) is 1. The van der Waals surface area contributed by atoms with Gasteiger partial charge in [-0.1, -0.05) is 12.1 Å². The highest BCUT2D eigenvalue weighted by Gasteiger charge is 2.14. The molecule has 1 heterocycles. The molecule has 2 aromatic rings. The van der Waals surface area contributed by atoms with Crippen molar-refractivity contribution < 1.29 is 28.3 Å². The Bertz CT molecular complexity index is 827. The van der Waals surface area contributed by atoms with E-state index < -0.39 is 24.5 Å². The number of benzene rings is 1. The lowest BCUT2D eigenvalue weighted by Crippen LogP contribution is -2.21. The van der Waals surface area contributed by atoms with Crippen LogP contribution in [0.15, 0.2) is 46.9 Å². The third-order valence-electron chi connectivity index (χ3n) is 3.02. The van der Waals surface area contributed by atoms with E-state index in [1.807, 2.05) is 22.6 Å². The predicted octanol–water partition coefficient (Wildman–Crippen LogP) is 3.26. The van der Waals surface area contributed by atoms with Crippen molar-refractivity contribution in [2.24, 2.45) is 0 Å². The molecule has 136 valence electrons. The van der Waals surface area contributed by atoms with Gasteiger partial charge in [-0.2, -0.15) is 0 Å². The number of furan rings is 1. The lowest BCUT2D eigenvalue weighted by atomic mass is 10.2. The average molecular weight is 469 g/mol. The van der Waals surface area contributed by atoms with Crippen LogP contribution in [-0.4, -0.2) is 31.1 Å². The molecule has 8 heteroatoms. The van der Waals surface area contributed by atoms with Crippen LogP contribution in [0.3, 0.4) is 0 Å². The minimum atomic E-state index is -0.690. The number of carbonyl (C=O) groups is 3. The second-order valence-corrected chi connectivity index (χ2v) is 5.96. The Labute approximate surface area is 163 Å². The van der Waals surface area contributed by atoms with Gasteiger partial charge in [0.2, 0.25) is 0 Å². The SMILES string of the molecule is CCOC(=O)c1ccccc1NC(=O)COC(=O)C=Cc1ccc(I)o1. The minimum absolute atomic E-state index is 0.222. The second kappa shape index (κ2) is 9.76. The number of ether oxygens (including phenoxy) is 2. The molecule has 0 saturated carbocycles. The van der Waals surface area contributed by atoms with Crippen LogP contribution in [0.25, 0.3) is 6.08 Å². The van der Waals surface area contributed by atoms with Crippen molar-refractivity contribution in [3.63, 3.8) is 0 Å². The second-order valence-electron chi connectivity index (χ2n) is 4.90. The largest absolute Gasteiger partial charge is 0.462 e. The van der Waals surface area contributed by atoms with Crippen molar-refractivity contribution in [3.8, 4) is 0 Å². The molecule has 0 aliphatic heterocycles. The maximum absolute atomic E-state index is 11.9. The minimum Gasteiger partial charge on any atom is -0.462 e. The molecule has 0 radical (unpaired) electrons. The molecule has 1 amide bonds. The molecule has 0 spiro atoms. The van der Waals surface area contributed by atoms with Crippen molar-refractivity contribution in [3.05, 3.63) is 57.6 Å². The molecule has 7 nitrogen and oxygen atoms in total. The number of carbonyl (C=O) groups excluding carboxylic acids is 3. The van der Waals surface area contributed by atoms with Gasteiger partial charge in [0.05, 0.1) is 17.9 Å². The zero-order valence-corrected chi connectivity index (χ0v) is 16.0. The Kier molecular flexibility index (Phi) is 7.39. The Morgan fingerprint density at radius 3 is 2.62 bits per heavy atom. The fourth-order valence-electron chi connectivity index (χ4n) is 1.92. The first-order valence-corrected chi connectivity index (χ1v) is 8.73. The smallest absolute Gasteiger partial charge is 0.340 e. The van der Waals surface area contributed by atoms with Crippen LogP contribution in [0.4, 0.5) is 5.69 Å². The predicted molar refractivity (Wildman–Crippen MR) is 102 cm³/mol. The molecule has 0 bridgehead atoms. The van der Waals surface area contributed by atoms with Gasteiger partial charge < -0.3 is 19.2 Å². The average Bonchev–Trinajstić information content (AvgIpc) is 3.04. The quantitative estimate of drug-likeness (QED) is 0.380. The van der Waals surface area contributed by atoms with Crippen molar-refractivity contribution in [1.29, 1.82) is 0 Å². The zero-order valence-electron chi connectivity index (χ0n) is 13.9. The standard InChI is InChI=1S/C18H16INO6/c1-2-24-18(23)13-5-3-4-6-14(13)20-16(21)11-25-17(22)10-8-12-7-9-15(19)26-12/h3-10H,2,11H2,1H3,(H,20,21). The van der Waals surface area contributed by atoms with Crippen LogP contribution in [0.5, 0.6) is 0 Å². The van der Waals surface area contributed by atoms with Crippen LogP contribution >= 0.6 is 22.6 Å². The number of halogens is 1. The summed E-state index contributed by atoms with van der Waals surface area (Å²) in [5.74, 6) is -1.31. The number of para-hydroxylation sites is 1. The van der Waals surface area contributed by atoms with Crippen LogP contribution < -0.4 is 5.32 Å². The zero-order chi connectivity index (χ0) is 18.9. The van der Waals surface area contributed by atoms with Crippen molar-refractivity contribution in [1.82, 2.24) is 0 Å². The molecule has 0 aliphatic rings. The number of esters is 2. The van der Waals surface area contributed by atoms with E-state index in [-0.39, 0.29) is 17.9 Å². The topological polar surface area (TPSA) is 94.8 Å². The monoisotopic (exact) mass is 469 g/mol. The van der Waals surface area contributed by atoms with Crippen LogP contribution in [0, 0.1) is 3.77 Å². The number of anilines is 1. The van der Waals surface area contributed by atoms with Gasteiger partial charge in [-0.15, -0.1) is 0 Å². The summed E-state index contributed by atoms with van der Waals surface area (Å²) in [6.07, 6.45) is 2.60. The van der Waals surface area contributed by atoms with Gasteiger partial charge in [0.25, 0.3) is 5.91 Å². The van der Waals surface area contributed by atoms with Gasteiger partial charge in [0.1, 0.15) is 5.76 Å². The van der Waals surface area contributed by atoms with E-state index in [9.17, 15) is 14.4 Å². The summed E-state index contributed by atoms with van der Waals surface area (Å²) < 4.78 is 15.7. The van der Waals surface area contributed by atoms with E-state index in [1.165, 1.54) is 12.1 Å². The fourth-order valence-corrected chi connectivity index (χ4v) is 2.35. The molecule has 0 fully saturated rings. The third-order valence-corrected chi connectivity index (χ3v) is 3.60. The highest BCUT2D eigenvalue weighted by Crippen LogP contribution is 2.16. The molecule has 1 N–H and O–H groups in total. The summed E-state index contributed by atoms with van der Waals surface area (Å²) in [6, 6.07) is 9.86. The molecule has 1 aromatic carbocycles. The van der Waals surface area contributed by atoms with E-state index in [4.69, 9.17) is 13.9 Å². The number of hydrogen-bond acceptors (Lipinski definition) is 6. The highest BCUT2D eigenvalue weighted by molar-refractivity contribution is 14.1. The normalized spacial score (nSPS) is 10.5. The Morgan fingerprint density at radius 1 is 1.15 bits per heavy atom. The number of rotatable bonds is 7. The first kappa shape index (κ1) is 19.7. The number of nitrogens with one attached hydrogen (secondary N) is 1. The summed E-state index contributed by atoms with van der Waals surface area (Å²) in [5.41, 5.74) is 0.508. The molecule has 0 saturated heterocycles. The lowest BCUT2D eigenvalue weighted by molar-refractivity contribution is -0.142. The first-order valence-electron chi connectivity index (χ1n) is 7.65. The summed E-state index contributed by atoms with van der Waals surface area (Å²) in [6.45, 7) is 1.42. The summed E-state index contributed by atoms with van der Waals surface area (Å²) in [5, 5.41) is 2.52. The van der Waals surface area contributed by atoms with Crippen molar-refractivity contribution in [2.45, 2.75) is 6.92 Å². The van der Waals surface area contributed by atoms with Crippen LogP contribution in [-0.2, 0) is 19.1 Å². The molecule has 1 aromatic heterocycles. The molecule has 0 atom stereocenters. The highest BCUT2D eigenvalue weighted by atomic mass is 127. The Hall–Kier alpha value is -2.62. The van der Waals surface area contributed by atoms with Gasteiger partial charge in [-0.25, -0.2) is 9.59 Å². The molecular formula is C18H16INO6. The van der Waals surface area contributed by atoms with E-state index in [0.717, 1.165) is 6.08 Å². The molecule has 0 unspecified atom stereocenters. The van der Waals surface area contributed by atoms with Crippen LogP contribution in [0.2, 0.25) is 0 Å². The van der Waals surface area contributed by atoms with Gasteiger partial charge in [-0.3, -0.25) is 4.79 Å². The van der Waals surface area contributed by atoms with Gasteiger partial charge in [0.15, 0.2) is 10.4 Å². The van der Waals surface area contributed by atoms with Gasteiger partial charge >= 0.3 is 11.9 Å². The third kappa shape index (κ3) is 6.03. The first-order chi connectivity index (χ1) is 12.5. The Balaban J connectivity index is 1.88. The fraction of sp³-hybridized carbons (Fsp3) is 0.167. The molecule has 2 rings (SSSR count). The Morgan fingerprint density at radius 2 is 1.92 bits per heavy atom. The lowest BCUT2D eigenvalue weighted by Gasteiger charge is -2.10. The van der Waals surface area contributed by atoms with E-state index in [0.29, 0.717) is 9.53 Å². The van der Waals surface area contributed by atoms with Crippen molar-refractivity contribution in [2.75, 3.05) is 18.5 Å². The summed E-state index contributed by atoms with van der Waals surface area (Å²) in [7, 11) is 0. The maximum Gasteiger partial charge on any atom is 0.340 e.